The van der Waals surface area contributed by atoms with E-state index in [-0.39, 0.29) is 12.0 Å². The van der Waals surface area contributed by atoms with Gasteiger partial charge in [0, 0.05) is 49.6 Å². The van der Waals surface area contributed by atoms with Gasteiger partial charge in [0.2, 0.25) is 0 Å². The minimum absolute atomic E-state index is 0.0191. The van der Waals surface area contributed by atoms with Crippen LogP contribution in [-0.2, 0) is 4.74 Å². The monoisotopic (exact) mass is 396 g/mol. The molecule has 3 heterocycles. The average Bonchev–Trinajstić information content (AvgIpc) is 3.02. The van der Waals surface area contributed by atoms with Gasteiger partial charge in [0.05, 0.1) is 12.1 Å². The summed E-state index contributed by atoms with van der Waals surface area (Å²) in [6, 6.07) is 9.44. The number of nitrogens with zero attached hydrogens (tertiary/aromatic N) is 4. The summed E-state index contributed by atoms with van der Waals surface area (Å²) in [5, 5.41) is 0.875. The molecule has 2 aliphatic rings. The molecule has 4 rings (SSSR count). The van der Waals surface area contributed by atoms with Crippen LogP contribution in [0.25, 0.3) is 10.9 Å². The van der Waals surface area contributed by atoms with Crippen molar-refractivity contribution in [3.8, 4) is 0 Å². The third-order valence-electron chi connectivity index (χ3n) is 5.91. The van der Waals surface area contributed by atoms with Crippen LogP contribution < -0.4 is 0 Å². The van der Waals surface area contributed by atoms with E-state index in [0.29, 0.717) is 44.6 Å². The van der Waals surface area contributed by atoms with Crippen LogP contribution in [-0.4, -0.2) is 84.1 Å². The maximum Gasteiger partial charge on any atom is 0.410 e. The SMILES string of the molecule is CN(C)CCCN1CC2(CCN(C(=O)c3cccc4ncccc34)CC2)OC1=O. The molecule has 7 nitrogen and oxygen atoms in total. The molecule has 0 aliphatic carbocycles. The second-order valence-corrected chi connectivity index (χ2v) is 8.30. The molecule has 2 saturated heterocycles. The van der Waals surface area contributed by atoms with Crippen LogP contribution in [0.15, 0.2) is 36.5 Å². The molecule has 2 amide bonds. The number of rotatable bonds is 5. The summed E-state index contributed by atoms with van der Waals surface area (Å²) < 4.78 is 5.79. The third kappa shape index (κ3) is 4.05. The molecular formula is C22H28N4O3. The van der Waals surface area contributed by atoms with E-state index in [9.17, 15) is 9.59 Å². The first-order valence-electron chi connectivity index (χ1n) is 10.2. The Morgan fingerprint density at radius 3 is 2.76 bits per heavy atom. The largest absolute Gasteiger partial charge is 0.441 e. The number of aromatic nitrogens is 1. The second kappa shape index (κ2) is 7.99. The van der Waals surface area contributed by atoms with Gasteiger partial charge in [0.1, 0.15) is 5.60 Å². The molecule has 1 aromatic carbocycles. The van der Waals surface area contributed by atoms with Gasteiger partial charge in [0.25, 0.3) is 5.91 Å². The van der Waals surface area contributed by atoms with E-state index in [0.717, 1.165) is 23.9 Å². The van der Waals surface area contributed by atoms with Gasteiger partial charge in [-0.15, -0.1) is 0 Å². The van der Waals surface area contributed by atoms with Crippen molar-refractivity contribution >= 4 is 22.9 Å². The summed E-state index contributed by atoms with van der Waals surface area (Å²) in [6.07, 6.45) is 3.80. The Kier molecular flexibility index (Phi) is 5.41. The van der Waals surface area contributed by atoms with Gasteiger partial charge in [-0.3, -0.25) is 9.78 Å². The molecule has 0 radical (unpaired) electrons. The molecule has 154 valence electrons. The molecule has 2 fully saturated rings. The summed E-state index contributed by atoms with van der Waals surface area (Å²) in [6.45, 7) is 3.46. The van der Waals surface area contributed by atoms with Crippen molar-refractivity contribution in [1.82, 2.24) is 19.7 Å². The summed E-state index contributed by atoms with van der Waals surface area (Å²) in [7, 11) is 4.06. The van der Waals surface area contributed by atoms with Gasteiger partial charge in [-0.2, -0.15) is 0 Å². The molecule has 2 aromatic rings. The van der Waals surface area contributed by atoms with Crippen molar-refractivity contribution in [3.05, 3.63) is 42.1 Å². The van der Waals surface area contributed by atoms with Crippen molar-refractivity contribution in [2.75, 3.05) is 46.8 Å². The highest BCUT2D eigenvalue weighted by molar-refractivity contribution is 6.06. The summed E-state index contributed by atoms with van der Waals surface area (Å²) in [4.78, 5) is 35.6. The molecule has 2 aliphatic heterocycles. The average molecular weight is 396 g/mol. The highest BCUT2D eigenvalue weighted by Crippen LogP contribution is 2.34. The number of amides is 2. The molecule has 0 bridgehead atoms. The van der Waals surface area contributed by atoms with Gasteiger partial charge in [-0.05, 0) is 45.3 Å². The maximum absolute atomic E-state index is 13.1. The van der Waals surface area contributed by atoms with Crippen LogP contribution in [0, 0.1) is 0 Å². The molecule has 0 atom stereocenters. The summed E-state index contributed by atoms with van der Waals surface area (Å²) in [5.74, 6) is 0.0191. The molecule has 0 N–H and O–H groups in total. The maximum atomic E-state index is 13.1. The first-order chi connectivity index (χ1) is 14.0. The lowest BCUT2D eigenvalue weighted by atomic mass is 9.90. The van der Waals surface area contributed by atoms with E-state index in [1.54, 1.807) is 6.20 Å². The van der Waals surface area contributed by atoms with E-state index in [2.05, 4.69) is 9.88 Å². The number of carbonyl (C=O) groups is 2. The van der Waals surface area contributed by atoms with Gasteiger partial charge in [-0.1, -0.05) is 12.1 Å². The molecule has 7 heteroatoms. The Labute approximate surface area is 171 Å². The highest BCUT2D eigenvalue weighted by atomic mass is 16.6. The Balaban J connectivity index is 1.39. The van der Waals surface area contributed by atoms with Crippen molar-refractivity contribution < 1.29 is 14.3 Å². The molecule has 1 spiro atoms. The van der Waals surface area contributed by atoms with Gasteiger partial charge >= 0.3 is 6.09 Å². The predicted octanol–water partition coefficient (Wildman–Crippen LogP) is 2.61. The normalized spacial score (nSPS) is 18.7. The standard InChI is InChI=1S/C22H28N4O3/c1-24(2)12-5-13-26-16-22(29-21(26)28)9-14-25(15-10-22)20(27)18-6-3-8-19-17(18)7-4-11-23-19/h3-4,6-8,11H,5,9-10,12-16H2,1-2H3. The lowest BCUT2D eigenvalue weighted by Gasteiger charge is -2.37. The lowest BCUT2D eigenvalue weighted by molar-refractivity contribution is 0.00319. The zero-order valence-corrected chi connectivity index (χ0v) is 17.1. The summed E-state index contributed by atoms with van der Waals surface area (Å²) in [5.41, 5.74) is 1.05. The first-order valence-corrected chi connectivity index (χ1v) is 10.2. The molecule has 0 saturated carbocycles. The van der Waals surface area contributed by atoms with E-state index < -0.39 is 5.60 Å². The van der Waals surface area contributed by atoms with Crippen LogP contribution >= 0.6 is 0 Å². The minimum Gasteiger partial charge on any atom is -0.441 e. The number of hydrogen-bond acceptors (Lipinski definition) is 5. The van der Waals surface area contributed by atoms with Crippen molar-refractivity contribution in [1.29, 1.82) is 0 Å². The van der Waals surface area contributed by atoms with Crippen LogP contribution in [0.3, 0.4) is 0 Å². The predicted molar refractivity (Wildman–Crippen MR) is 111 cm³/mol. The fourth-order valence-electron chi connectivity index (χ4n) is 4.28. The van der Waals surface area contributed by atoms with Crippen molar-refractivity contribution in [2.45, 2.75) is 24.9 Å². The van der Waals surface area contributed by atoms with Crippen LogP contribution in [0.5, 0.6) is 0 Å². The van der Waals surface area contributed by atoms with Crippen molar-refractivity contribution in [3.63, 3.8) is 0 Å². The zero-order chi connectivity index (χ0) is 20.4. The Bertz CT molecular complexity index is 901. The summed E-state index contributed by atoms with van der Waals surface area (Å²) >= 11 is 0. The van der Waals surface area contributed by atoms with E-state index in [4.69, 9.17) is 4.74 Å². The number of ether oxygens (including phenoxy) is 1. The third-order valence-corrected chi connectivity index (χ3v) is 5.91. The Morgan fingerprint density at radius 1 is 1.21 bits per heavy atom. The van der Waals surface area contributed by atoms with Crippen LogP contribution in [0.4, 0.5) is 4.79 Å². The number of pyridine rings is 1. The fraction of sp³-hybridized carbons (Fsp3) is 0.500. The molecular weight excluding hydrogens is 368 g/mol. The fourth-order valence-corrected chi connectivity index (χ4v) is 4.28. The number of likely N-dealkylation sites (tertiary alicyclic amines) is 1. The van der Waals surface area contributed by atoms with Gasteiger partial charge in [-0.25, -0.2) is 4.79 Å². The Morgan fingerprint density at radius 2 is 2.00 bits per heavy atom. The minimum atomic E-state index is -0.452. The number of benzene rings is 1. The van der Waals surface area contributed by atoms with Gasteiger partial charge < -0.3 is 19.4 Å². The van der Waals surface area contributed by atoms with Crippen LogP contribution in [0.1, 0.15) is 29.6 Å². The quantitative estimate of drug-likeness (QED) is 0.777. The topological polar surface area (TPSA) is 66.0 Å². The van der Waals surface area contributed by atoms with Gasteiger partial charge in [0.15, 0.2) is 0 Å². The molecule has 1 aromatic heterocycles. The van der Waals surface area contributed by atoms with E-state index in [1.807, 2.05) is 54.2 Å². The molecule has 0 unspecified atom stereocenters. The zero-order valence-electron chi connectivity index (χ0n) is 17.1. The van der Waals surface area contributed by atoms with E-state index in [1.165, 1.54) is 0 Å². The number of piperidine rings is 1. The van der Waals surface area contributed by atoms with Crippen molar-refractivity contribution in [2.24, 2.45) is 0 Å². The number of hydrogen-bond donors (Lipinski definition) is 0. The second-order valence-electron chi connectivity index (χ2n) is 8.30. The lowest BCUT2D eigenvalue weighted by Crippen LogP contribution is -2.48. The smallest absolute Gasteiger partial charge is 0.410 e. The van der Waals surface area contributed by atoms with Crippen LogP contribution in [0.2, 0.25) is 0 Å². The number of fused-ring (bicyclic) bond motifs is 1. The highest BCUT2D eigenvalue weighted by Gasteiger charge is 2.47. The molecule has 29 heavy (non-hydrogen) atoms. The van der Waals surface area contributed by atoms with E-state index >= 15 is 0 Å². The number of carbonyl (C=O) groups excluding carboxylic acids is 2. The Hall–Kier alpha value is -2.67. The first kappa shape index (κ1) is 19.6.